The first kappa shape index (κ1) is 13.9. The molecule has 0 aliphatic heterocycles. The maximum atomic E-state index is 12.3. The van der Waals surface area contributed by atoms with Crippen LogP contribution in [-0.4, -0.2) is 11.6 Å². The van der Waals surface area contributed by atoms with Crippen molar-refractivity contribution in [1.29, 1.82) is 0 Å². The van der Waals surface area contributed by atoms with Crippen LogP contribution in [0.5, 0.6) is 0 Å². The minimum atomic E-state index is -1.00. The van der Waals surface area contributed by atoms with E-state index in [2.05, 4.69) is 0 Å². The molecule has 0 bridgehead atoms. The zero-order valence-electron chi connectivity index (χ0n) is 10.6. The van der Waals surface area contributed by atoms with E-state index in [-0.39, 0.29) is 17.5 Å². The normalized spacial score (nSPS) is 11.6. The van der Waals surface area contributed by atoms with Crippen molar-refractivity contribution in [2.24, 2.45) is 11.3 Å². The maximum absolute atomic E-state index is 12.3. The number of rotatable bonds is 4. The van der Waals surface area contributed by atoms with Crippen LogP contribution in [0.1, 0.15) is 38.1 Å². The first-order valence-corrected chi connectivity index (χ1v) is 5.99. The second-order valence-corrected chi connectivity index (χ2v) is 5.42. The monoisotopic (exact) mass is 252 g/mol. The average Bonchev–Trinajstić information content (AvgIpc) is 2.26. The molecule has 0 aliphatic rings. The minimum absolute atomic E-state index is 0.0533. The number of hydrogen-bond acceptors (Lipinski definition) is 2. The number of benzene rings is 1. The van der Waals surface area contributed by atoms with Gasteiger partial charge in [0, 0.05) is 16.5 Å². The molecule has 0 atom stereocenters. The standard InChI is InChI=1S/C14H17ClO2/c1-9(2)12(16)14(3,4)13(17)10-6-5-7-11(15)8-10/h5-9H,1-4H3. The van der Waals surface area contributed by atoms with Crippen molar-refractivity contribution in [2.75, 3.05) is 0 Å². The number of hydrogen-bond donors (Lipinski definition) is 0. The molecule has 3 heteroatoms. The van der Waals surface area contributed by atoms with E-state index < -0.39 is 5.41 Å². The van der Waals surface area contributed by atoms with Crippen LogP contribution in [0.2, 0.25) is 5.02 Å². The molecule has 17 heavy (non-hydrogen) atoms. The van der Waals surface area contributed by atoms with Gasteiger partial charge in [-0.2, -0.15) is 0 Å². The first-order valence-electron chi connectivity index (χ1n) is 5.61. The fourth-order valence-electron chi connectivity index (χ4n) is 1.82. The molecule has 0 fully saturated rings. The van der Waals surface area contributed by atoms with Gasteiger partial charge in [-0.25, -0.2) is 0 Å². The number of Topliss-reactive ketones (excluding diaryl/α,β-unsaturated/α-hetero) is 2. The largest absolute Gasteiger partial charge is 0.298 e. The van der Waals surface area contributed by atoms with Gasteiger partial charge in [-0.15, -0.1) is 0 Å². The molecule has 1 aromatic rings. The third-order valence-corrected chi connectivity index (χ3v) is 3.03. The van der Waals surface area contributed by atoms with Crippen molar-refractivity contribution in [2.45, 2.75) is 27.7 Å². The van der Waals surface area contributed by atoms with Gasteiger partial charge in [0.1, 0.15) is 5.78 Å². The molecular weight excluding hydrogens is 236 g/mol. The van der Waals surface area contributed by atoms with Gasteiger partial charge in [-0.3, -0.25) is 9.59 Å². The second kappa shape index (κ2) is 5.01. The molecule has 2 nitrogen and oxygen atoms in total. The molecule has 0 saturated heterocycles. The van der Waals surface area contributed by atoms with Crippen molar-refractivity contribution >= 4 is 23.2 Å². The molecular formula is C14H17ClO2. The highest BCUT2D eigenvalue weighted by Gasteiger charge is 2.37. The van der Waals surface area contributed by atoms with Gasteiger partial charge in [-0.05, 0) is 26.0 Å². The highest BCUT2D eigenvalue weighted by atomic mass is 35.5. The zero-order chi connectivity index (χ0) is 13.2. The van der Waals surface area contributed by atoms with Crippen LogP contribution in [0.3, 0.4) is 0 Å². The summed E-state index contributed by atoms with van der Waals surface area (Å²) in [7, 11) is 0. The lowest BCUT2D eigenvalue weighted by molar-refractivity contribution is -0.127. The van der Waals surface area contributed by atoms with E-state index in [4.69, 9.17) is 11.6 Å². The van der Waals surface area contributed by atoms with Crippen LogP contribution in [0.15, 0.2) is 24.3 Å². The van der Waals surface area contributed by atoms with Gasteiger partial charge >= 0.3 is 0 Å². The average molecular weight is 253 g/mol. The Labute approximate surface area is 107 Å². The predicted molar refractivity (Wildman–Crippen MR) is 69.4 cm³/mol. The highest BCUT2D eigenvalue weighted by molar-refractivity contribution is 6.31. The lowest BCUT2D eigenvalue weighted by Crippen LogP contribution is -2.36. The van der Waals surface area contributed by atoms with E-state index in [9.17, 15) is 9.59 Å². The summed E-state index contributed by atoms with van der Waals surface area (Å²) in [6.45, 7) is 6.93. The van der Waals surface area contributed by atoms with E-state index in [0.29, 0.717) is 10.6 Å². The van der Waals surface area contributed by atoms with Gasteiger partial charge < -0.3 is 0 Å². The van der Waals surface area contributed by atoms with Crippen LogP contribution in [-0.2, 0) is 4.79 Å². The molecule has 0 amide bonds. The second-order valence-electron chi connectivity index (χ2n) is 4.98. The summed E-state index contributed by atoms with van der Waals surface area (Å²) < 4.78 is 0. The van der Waals surface area contributed by atoms with E-state index >= 15 is 0 Å². The summed E-state index contributed by atoms with van der Waals surface area (Å²) in [5.74, 6) is -0.394. The summed E-state index contributed by atoms with van der Waals surface area (Å²) in [6.07, 6.45) is 0. The summed E-state index contributed by atoms with van der Waals surface area (Å²) in [4.78, 5) is 24.3. The molecule has 0 aliphatic carbocycles. The Morgan fingerprint density at radius 3 is 2.29 bits per heavy atom. The molecule has 0 unspecified atom stereocenters. The fraction of sp³-hybridized carbons (Fsp3) is 0.429. The Kier molecular flexibility index (Phi) is 4.10. The Bertz CT molecular complexity index is 447. The van der Waals surface area contributed by atoms with Crippen LogP contribution >= 0.6 is 11.6 Å². The number of ketones is 2. The van der Waals surface area contributed by atoms with Gasteiger partial charge in [0.25, 0.3) is 0 Å². The SMILES string of the molecule is CC(C)C(=O)C(C)(C)C(=O)c1cccc(Cl)c1. The van der Waals surface area contributed by atoms with E-state index in [1.807, 2.05) is 0 Å². The first-order chi connectivity index (χ1) is 7.76. The lowest BCUT2D eigenvalue weighted by Gasteiger charge is -2.23. The van der Waals surface area contributed by atoms with Gasteiger partial charge in [0.2, 0.25) is 0 Å². The summed E-state index contributed by atoms with van der Waals surface area (Å²) in [5, 5.41) is 0.503. The lowest BCUT2D eigenvalue weighted by atomic mass is 9.76. The van der Waals surface area contributed by atoms with Crippen LogP contribution < -0.4 is 0 Å². The van der Waals surface area contributed by atoms with Crippen molar-refractivity contribution in [3.05, 3.63) is 34.9 Å². The van der Waals surface area contributed by atoms with E-state index in [0.717, 1.165) is 0 Å². The van der Waals surface area contributed by atoms with Crippen molar-refractivity contribution in [3.8, 4) is 0 Å². The highest BCUT2D eigenvalue weighted by Crippen LogP contribution is 2.27. The number of carbonyl (C=O) groups is 2. The summed E-state index contributed by atoms with van der Waals surface area (Å²) in [5.41, 5.74) is -0.518. The molecule has 0 saturated carbocycles. The van der Waals surface area contributed by atoms with Gasteiger partial charge in [0.05, 0.1) is 5.41 Å². The van der Waals surface area contributed by atoms with Crippen LogP contribution in [0.4, 0.5) is 0 Å². The summed E-state index contributed by atoms with van der Waals surface area (Å²) >= 11 is 5.84. The fourth-order valence-corrected chi connectivity index (χ4v) is 2.01. The molecule has 92 valence electrons. The van der Waals surface area contributed by atoms with Crippen LogP contribution in [0, 0.1) is 11.3 Å². The van der Waals surface area contributed by atoms with Gasteiger partial charge in [-0.1, -0.05) is 37.6 Å². The smallest absolute Gasteiger partial charge is 0.175 e. The molecule has 0 aromatic heterocycles. The molecule has 1 aromatic carbocycles. The minimum Gasteiger partial charge on any atom is -0.298 e. The Hall–Kier alpha value is -1.15. The summed E-state index contributed by atoms with van der Waals surface area (Å²) in [6, 6.07) is 6.70. The number of halogens is 1. The maximum Gasteiger partial charge on any atom is 0.175 e. The Morgan fingerprint density at radius 2 is 1.82 bits per heavy atom. The number of carbonyl (C=O) groups excluding carboxylic acids is 2. The molecule has 0 N–H and O–H groups in total. The third kappa shape index (κ3) is 2.95. The molecule has 0 heterocycles. The zero-order valence-corrected chi connectivity index (χ0v) is 11.3. The van der Waals surface area contributed by atoms with Crippen LogP contribution in [0.25, 0.3) is 0 Å². The third-order valence-electron chi connectivity index (χ3n) is 2.79. The molecule has 1 rings (SSSR count). The molecule has 0 radical (unpaired) electrons. The van der Waals surface area contributed by atoms with Crippen molar-refractivity contribution < 1.29 is 9.59 Å². The van der Waals surface area contributed by atoms with Gasteiger partial charge in [0.15, 0.2) is 5.78 Å². The Balaban J connectivity index is 3.08. The van der Waals surface area contributed by atoms with Crippen molar-refractivity contribution in [3.63, 3.8) is 0 Å². The quantitative estimate of drug-likeness (QED) is 0.604. The van der Waals surface area contributed by atoms with E-state index in [1.54, 1.807) is 52.0 Å². The Morgan fingerprint density at radius 1 is 1.24 bits per heavy atom. The molecule has 0 spiro atoms. The van der Waals surface area contributed by atoms with Crippen molar-refractivity contribution in [1.82, 2.24) is 0 Å². The van der Waals surface area contributed by atoms with E-state index in [1.165, 1.54) is 0 Å². The topological polar surface area (TPSA) is 34.1 Å². The predicted octanol–water partition coefficient (Wildman–Crippen LogP) is 3.77.